The summed E-state index contributed by atoms with van der Waals surface area (Å²) in [5, 5.41) is 0. The smallest absolute Gasteiger partial charge is 0.109 e. The lowest BCUT2D eigenvalue weighted by atomic mass is 9.40. The van der Waals surface area contributed by atoms with Gasteiger partial charge in [-0.05, 0) is 5.92 Å². The van der Waals surface area contributed by atoms with Gasteiger partial charge in [-0.2, -0.15) is 0 Å². The highest BCUT2D eigenvalue weighted by Crippen LogP contribution is 1.98. The fourth-order valence-corrected chi connectivity index (χ4v) is 2.07. The van der Waals surface area contributed by atoms with Crippen LogP contribution < -0.4 is 10.9 Å². The van der Waals surface area contributed by atoms with E-state index in [1.54, 1.807) is 0 Å². The summed E-state index contributed by atoms with van der Waals surface area (Å²) in [6.45, 7) is 4.78. The molecule has 90 valence electrons. The largest absolute Gasteiger partial charge is 0.233 e. The first-order chi connectivity index (χ1) is 8.77. The van der Waals surface area contributed by atoms with Crippen LogP contribution in [0.2, 0.25) is 0 Å². The Morgan fingerprint density at radius 2 is 1.22 bits per heavy atom. The molecule has 0 heterocycles. The van der Waals surface area contributed by atoms with E-state index < -0.39 is 0 Å². The summed E-state index contributed by atoms with van der Waals surface area (Å²) in [6.07, 6.45) is 2.28. The standard InChI is InChI=1S/C17H19B/c1-15(2)13-14-18(16-9-5-3-6-10-16)17-11-7-4-8-12-17/h3-15H,1-2H3. The van der Waals surface area contributed by atoms with Crippen LogP contribution in [0.1, 0.15) is 13.8 Å². The van der Waals surface area contributed by atoms with Crippen molar-refractivity contribution in [2.75, 3.05) is 0 Å². The highest BCUT2D eigenvalue weighted by molar-refractivity contribution is 6.89. The lowest BCUT2D eigenvalue weighted by Gasteiger charge is -2.10. The topological polar surface area (TPSA) is 0 Å². The molecule has 0 spiro atoms. The van der Waals surface area contributed by atoms with Gasteiger partial charge in [-0.25, -0.2) is 0 Å². The van der Waals surface area contributed by atoms with Gasteiger partial charge in [-0.1, -0.05) is 91.5 Å². The molecule has 0 aliphatic carbocycles. The van der Waals surface area contributed by atoms with Crippen LogP contribution in [0.3, 0.4) is 0 Å². The minimum absolute atomic E-state index is 0.356. The molecule has 0 radical (unpaired) electrons. The quantitative estimate of drug-likeness (QED) is 0.713. The summed E-state index contributed by atoms with van der Waals surface area (Å²) < 4.78 is 0. The molecule has 0 amide bonds. The predicted molar refractivity (Wildman–Crippen MR) is 81.9 cm³/mol. The molecule has 2 rings (SSSR count). The van der Waals surface area contributed by atoms with Gasteiger partial charge in [-0.15, -0.1) is 5.98 Å². The van der Waals surface area contributed by atoms with E-state index in [1.165, 1.54) is 10.9 Å². The van der Waals surface area contributed by atoms with Crippen LogP contribution in [0.25, 0.3) is 0 Å². The third-order valence-corrected chi connectivity index (χ3v) is 3.01. The van der Waals surface area contributed by atoms with E-state index in [9.17, 15) is 0 Å². The predicted octanol–water partition coefficient (Wildman–Crippen LogP) is 3.05. The van der Waals surface area contributed by atoms with Crippen LogP contribution in [-0.4, -0.2) is 6.71 Å². The van der Waals surface area contributed by atoms with E-state index in [2.05, 4.69) is 86.6 Å². The molecule has 0 aliphatic rings. The van der Waals surface area contributed by atoms with Crippen LogP contribution in [-0.2, 0) is 0 Å². The Kier molecular flexibility index (Phi) is 4.41. The third-order valence-electron chi connectivity index (χ3n) is 3.01. The Morgan fingerprint density at radius 1 is 0.778 bits per heavy atom. The fourth-order valence-electron chi connectivity index (χ4n) is 2.07. The fraction of sp³-hybridized carbons (Fsp3) is 0.176. The molecule has 0 nitrogen and oxygen atoms in total. The SMILES string of the molecule is CC(C)C=CB(c1ccccc1)c1ccccc1. The highest BCUT2D eigenvalue weighted by Gasteiger charge is 2.14. The van der Waals surface area contributed by atoms with E-state index in [-0.39, 0.29) is 0 Å². The van der Waals surface area contributed by atoms with Crippen molar-refractivity contribution in [2.45, 2.75) is 13.8 Å². The van der Waals surface area contributed by atoms with Crippen LogP contribution in [0.4, 0.5) is 0 Å². The van der Waals surface area contributed by atoms with Gasteiger partial charge in [-0.3, -0.25) is 0 Å². The van der Waals surface area contributed by atoms with E-state index in [4.69, 9.17) is 0 Å². The number of hydrogen-bond donors (Lipinski definition) is 0. The lowest BCUT2D eigenvalue weighted by molar-refractivity contribution is 0.833. The molecule has 0 saturated heterocycles. The summed E-state index contributed by atoms with van der Waals surface area (Å²) in [5.74, 6) is 2.90. The maximum absolute atomic E-state index is 2.31. The molecule has 0 atom stereocenters. The highest BCUT2D eigenvalue weighted by atomic mass is 13.9. The van der Waals surface area contributed by atoms with Gasteiger partial charge in [0.1, 0.15) is 0 Å². The molecule has 0 N–H and O–H groups in total. The summed E-state index contributed by atoms with van der Waals surface area (Å²) in [7, 11) is 0. The van der Waals surface area contributed by atoms with Gasteiger partial charge in [0, 0.05) is 0 Å². The maximum atomic E-state index is 2.31. The Morgan fingerprint density at radius 3 is 1.61 bits per heavy atom. The van der Waals surface area contributed by atoms with Gasteiger partial charge in [0.15, 0.2) is 0 Å². The van der Waals surface area contributed by atoms with Crippen molar-refractivity contribution in [3.63, 3.8) is 0 Å². The van der Waals surface area contributed by atoms with Gasteiger partial charge < -0.3 is 0 Å². The van der Waals surface area contributed by atoms with Crippen LogP contribution >= 0.6 is 0 Å². The Hall–Kier alpha value is -1.76. The van der Waals surface area contributed by atoms with Crippen LogP contribution in [0.15, 0.2) is 72.7 Å². The molecule has 2 aromatic rings. The van der Waals surface area contributed by atoms with E-state index >= 15 is 0 Å². The molecule has 0 bridgehead atoms. The minimum atomic E-state index is 0.356. The normalized spacial score (nSPS) is 11.1. The summed E-state index contributed by atoms with van der Waals surface area (Å²) in [6, 6.07) is 21.3. The zero-order valence-electron chi connectivity index (χ0n) is 11.1. The monoisotopic (exact) mass is 234 g/mol. The number of rotatable bonds is 4. The number of hydrogen-bond acceptors (Lipinski definition) is 0. The summed E-state index contributed by atoms with van der Waals surface area (Å²) in [4.78, 5) is 0. The average Bonchev–Trinajstić information content (AvgIpc) is 2.41. The van der Waals surface area contributed by atoms with Crippen molar-refractivity contribution in [2.24, 2.45) is 5.92 Å². The van der Waals surface area contributed by atoms with Gasteiger partial charge >= 0.3 is 0 Å². The molecular weight excluding hydrogens is 215 g/mol. The van der Waals surface area contributed by atoms with Crippen molar-refractivity contribution in [1.29, 1.82) is 0 Å². The van der Waals surface area contributed by atoms with E-state index in [1.807, 2.05) is 0 Å². The molecule has 1 heteroatoms. The molecule has 0 aromatic heterocycles. The Labute approximate surface area is 110 Å². The van der Waals surface area contributed by atoms with Crippen molar-refractivity contribution in [3.05, 3.63) is 72.7 Å². The minimum Gasteiger partial charge on any atom is -0.109 e. The second-order valence-electron chi connectivity index (χ2n) is 4.93. The molecule has 2 aromatic carbocycles. The van der Waals surface area contributed by atoms with Gasteiger partial charge in [0.25, 0.3) is 0 Å². The average molecular weight is 234 g/mol. The molecule has 0 aliphatic heterocycles. The van der Waals surface area contributed by atoms with Crippen molar-refractivity contribution < 1.29 is 0 Å². The maximum Gasteiger partial charge on any atom is 0.233 e. The first-order valence-corrected chi connectivity index (χ1v) is 6.55. The van der Waals surface area contributed by atoms with E-state index in [0.29, 0.717) is 12.6 Å². The first kappa shape index (κ1) is 12.7. The molecule has 0 fully saturated rings. The van der Waals surface area contributed by atoms with Crippen molar-refractivity contribution in [3.8, 4) is 0 Å². The Balaban J connectivity index is 2.35. The first-order valence-electron chi connectivity index (χ1n) is 6.55. The van der Waals surface area contributed by atoms with Crippen molar-refractivity contribution in [1.82, 2.24) is 0 Å². The Bertz CT molecular complexity index is 446. The zero-order chi connectivity index (χ0) is 12.8. The second kappa shape index (κ2) is 6.25. The number of allylic oxidation sites excluding steroid dienone is 1. The number of benzene rings is 2. The van der Waals surface area contributed by atoms with Crippen LogP contribution in [0, 0.1) is 5.92 Å². The molecule has 18 heavy (non-hydrogen) atoms. The van der Waals surface area contributed by atoms with Crippen LogP contribution in [0.5, 0.6) is 0 Å². The molecule has 0 unspecified atom stereocenters. The second-order valence-corrected chi connectivity index (χ2v) is 4.93. The molecular formula is C17H19B. The van der Waals surface area contributed by atoms with Gasteiger partial charge in [0.2, 0.25) is 6.71 Å². The van der Waals surface area contributed by atoms with Crippen molar-refractivity contribution >= 4 is 17.6 Å². The summed E-state index contributed by atoms with van der Waals surface area (Å²) >= 11 is 0. The lowest BCUT2D eigenvalue weighted by Crippen LogP contribution is -2.40. The van der Waals surface area contributed by atoms with Gasteiger partial charge in [0.05, 0.1) is 0 Å². The third kappa shape index (κ3) is 3.37. The summed E-state index contributed by atoms with van der Waals surface area (Å²) in [5.41, 5.74) is 2.70. The zero-order valence-corrected chi connectivity index (χ0v) is 11.1. The molecule has 0 saturated carbocycles. The van der Waals surface area contributed by atoms with E-state index in [0.717, 1.165) is 0 Å².